The van der Waals surface area contributed by atoms with E-state index in [1.54, 1.807) is 30.3 Å². The molecule has 31 heavy (non-hydrogen) atoms. The Balaban J connectivity index is 1.67. The number of nitrogens with one attached hydrogen (secondary N) is 1. The van der Waals surface area contributed by atoms with Gasteiger partial charge in [-0.1, -0.05) is 47.5 Å². The van der Waals surface area contributed by atoms with Crippen molar-refractivity contribution in [1.82, 2.24) is 14.8 Å². The van der Waals surface area contributed by atoms with Crippen molar-refractivity contribution in [2.45, 2.75) is 20.4 Å². The number of aromatic nitrogens is 1. The average molecular weight is 458 g/mol. The molecule has 0 unspecified atom stereocenters. The minimum absolute atomic E-state index is 0.124. The molecule has 0 spiro atoms. The summed E-state index contributed by atoms with van der Waals surface area (Å²) in [5.41, 5.74) is 3.55. The van der Waals surface area contributed by atoms with Gasteiger partial charge in [-0.15, -0.1) is 0 Å². The Morgan fingerprint density at radius 3 is 2.55 bits per heavy atom. The first-order valence-corrected chi connectivity index (χ1v) is 10.2. The first kappa shape index (κ1) is 21.2. The second-order valence-corrected chi connectivity index (χ2v) is 7.99. The Bertz CT molecular complexity index is 1250. The van der Waals surface area contributed by atoms with Crippen LogP contribution in [0.4, 0.5) is 9.18 Å². The Morgan fingerprint density at radius 1 is 1.06 bits per heavy atom. The quantitative estimate of drug-likeness (QED) is 0.407. The molecule has 0 bridgehead atoms. The number of nitrogens with zero attached hydrogens (tertiary/aromatic N) is 2. The minimum atomic E-state index is -0.591. The van der Waals surface area contributed by atoms with Gasteiger partial charge in [-0.2, -0.15) is 0 Å². The average Bonchev–Trinajstić information content (AvgIpc) is 3.15. The molecule has 1 N–H and O–H groups in total. The van der Waals surface area contributed by atoms with Crippen LogP contribution in [0.1, 0.15) is 22.5 Å². The number of rotatable bonds is 4. The summed E-state index contributed by atoms with van der Waals surface area (Å²) in [6.45, 7) is 3.65. The predicted octanol–water partition coefficient (Wildman–Crippen LogP) is 5.63. The molecule has 0 radical (unpaired) electrons. The fourth-order valence-corrected chi connectivity index (χ4v) is 4.02. The molecule has 1 saturated heterocycles. The summed E-state index contributed by atoms with van der Waals surface area (Å²) in [6.07, 6.45) is 1.61. The van der Waals surface area contributed by atoms with E-state index in [4.69, 9.17) is 23.2 Å². The van der Waals surface area contributed by atoms with E-state index in [2.05, 4.69) is 5.32 Å². The molecule has 0 saturated carbocycles. The highest BCUT2D eigenvalue weighted by atomic mass is 35.5. The standard InChI is InChI=1S/C23H18Cl2FN3O2/c1-13-10-16(14(2)29(13)20-9-5-7-17(24)21(20)25)11-19-22(30)28(23(31)27-19)12-15-6-3-4-8-18(15)26/h3-11H,12H2,1-2H3,(H,27,31)/b19-11+. The lowest BCUT2D eigenvalue weighted by Crippen LogP contribution is -2.30. The van der Waals surface area contributed by atoms with Crippen LogP contribution >= 0.6 is 23.2 Å². The summed E-state index contributed by atoms with van der Waals surface area (Å²) in [5, 5.41) is 3.44. The molecule has 2 heterocycles. The number of carbonyl (C=O) groups excluding carboxylic acids is 2. The zero-order valence-electron chi connectivity index (χ0n) is 16.7. The number of benzene rings is 2. The molecule has 1 aromatic heterocycles. The van der Waals surface area contributed by atoms with Crippen molar-refractivity contribution >= 4 is 41.2 Å². The number of aryl methyl sites for hydroxylation is 1. The number of carbonyl (C=O) groups is 2. The number of urea groups is 1. The SMILES string of the molecule is Cc1cc(/C=C2/NC(=O)N(Cc3ccccc3F)C2=O)c(C)n1-c1cccc(Cl)c1Cl. The zero-order valence-corrected chi connectivity index (χ0v) is 18.3. The van der Waals surface area contributed by atoms with Crippen LogP contribution in [0.15, 0.2) is 54.2 Å². The van der Waals surface area contributed by atoms with Crippen molar-refractivity contribution in [1.29, 1.82) is 0 Å². The molecule has 3 aromatic rings. The van der Waals surface area contributed by atoms with E-state index in [0.29, 0.717) is 10.0 Å². The highest BCUT2D eigenvalue weighted by Crippen LogP contribution is 2.32. The van der Waals surface area contributed by atoms with Crippen molar-refractivity contribution in [3.05, 3.63) is 92.6 Å². The summed E-state index contributed by atoms with van der Waals surface area (Å²) < 4.78 is 15.9. The first-order valence-electron chi connectivity index (χ1n) is 9.49. The lowest BCUT2D eigenvalue weighted by atomic mass is 10.2. The summed E-state index contributed by atoms with van der Waals surface area (Å²) in [5.74, 6) is -0.985. The normalized spacial score (nSPS) is 15.1. The van der Waals surface area contributed by atoms with Crippen LogP contribution in [0.2, 0.25) is 10.0 Å². The maximum absolute atomic E-state index is 14.0. The van der Waals surface area contributed by atoms with Crippen LogP contribution in [0.25, 0.3) is 11.8 Å². The number of hydrogen-bond donors (Lipinski definition) is 1. The molecule has 1 fully saturated rings. The number of amides is 3. The molecule has 4 rings (SSSR count). The predicted molar refractivity (Wildman–Crippen MR) is 119 cm³/mol. The molecular formula is C23H18Cl2FN3O2. The minimum Gasteiger partial charge on any atom is -0.316 e. The highest BCUT2D eigenvalue weighted by molar-refractivity contribution is 6.43. The van der Waals surface area contributed by atoms with Crippen LogP contribution in [0.3, 0.4) is 0 Å². The smallest absolute Gasteiger partial charge is 0.316 e. The molecule has 2 aromatic carbocycles. The van der Waals surface area contributed by atoms with Crippen LogP contribution in [-0.4, -0.2) is 21.4 Å². The summed E-state index contributed by atoms with van der Waals surface area (Å²) in [6, 6.07) is 12.7. The first-order chi connectivity index (χ1) is 14.8. The van der Waals surface area contributed by atoms with Gasteiger partial charge in [0.2, 0.25) is 0 Å². The lowest BCUT2D eigenvalue weighted by molar-refractivity contribution is -0.123. The van der Waals surface area contributed by atoms with Gasteiger partial charge in [0.1, 0.15) is 11.5 Å². The highest BCUT2D eigenvalue weighted by Gasteiger charge is 2.34. The second kappa shape index (κ2) is 8.21. The van der Waals surface area contributed by atoms with E-state index in [-0.39, 0.29) is 17.8 Å². The van der Waals surface area contributed by atoms with E-state index < -0.39 is 17.8 Å². The van der Waals surface area contributed by atoms with Crippen molar-refractivity contribution < 1.29 is 14.0 Å². The van der Waals surface area contributed by atoms with Crippen molar-refractivity contribution in [3.8, 4) is 5.69 Å². The van der Waals surface area contributed by atoms with Crippen molar-refractivity contribution in [3.63, 3.8) is 0 Å². The molecule has 0 atom stereocenters. The van der Waals surface area contributed by atoms with E-state index in [1.807, 2.05) is 36.6 Å². The van der Waals surface area contributed by atoms with E-state index in [0.717, 1.165) is 27.5 Å². The van der Waals surface area contributed by atoms with Gasteiger partial charge in [-0.25, -0.2) is 9.18 Å². The van der Waals surface area contributed by atoms with Gasteiger partial charge in [0.15, 0.2) is 0 Å². The molecule has 3 amide bonds. The molecule has 8 heteroatoms. The molecule has 1 aliphatic heterocycles. The van der Waals surface area contributed by atoms with E-state index in [9.17, 15) is 14.0 Å². The van der Waals surface area contributed by atoms with Crippen LogP contribution in [0.5, 0.6) is 0 Å². The van der Waals surface area contributed by atoms with Gasteiger partial charge in [-0.3, -0.25) is 9.69 Å². The fourth-order valence-electron chi connectivity index (χ4n) is 3.64. The molecule has 0 aliphatic carbocycles. The van der Waals surface area contributed by atoms with E-state index in [1.165, 1.54) is 6.07 Å². The maximum atomic E-state index is 14.0. The Labute approximate surface area is 188 Å². The van der Waals surface area contributed by atoms with Gasteiger partial charge in [0.05, 0.1) is 22.3 Å². The summed E-state index contributed by atoms with van der Waals surface area (Å²) in [4.78, 5) is 26.2. The molecule has 158 valence electrons. The van der Waals surface area contributed by atoms with Gasteiger partial charge in [0, 0.05) is 17.0 Å². The topological polar surface area (TPSA) is 54.3 Å². The monoisotopic (exact) mass is 457 g/mol. The number of hydrogen-bond acceptors (Lipinski definition) is 2. The number of imide groups is 1. The fraction of sp³-hybridized carbons (Fsp3) is 0.130. The second-order valence-electron chi connectivity index (χ2n) is 7.21. The summed E-state index contributed by atoms with van der Waals surface area (Å²) >= 11 is 12.5. The third-order valence-electron chi connectivity index (χ3n) is 5.19. The van der Waals surface area contributed by atoms with Gasteiger partial charge in [0.25, 0.3) is 5.91 Å². The van der Waals surface area contributed by atoms with Crippen molar-refractivity contribution in [2.24, 2.45) is 0 Å². The Morgan fingerprint density at radius 2 is 1.81 bits per heavy atom. The Kier molecular flexibility index (Phi) is 5.60. The van der Waals surface area contributed by atoms with Gasteiger partial charge < -0.3 is 9.88 Å². The molecular weight excluding hydrogens is 440 g/mol. The largest absolute Gasteiger partial charge is 0.329 e. The van der Waals surface area contributed by atoms with Crippen molar-refractivity contribution in [2.75, 3.05) is 0 Å². The maximum Gasteiger partial charge on any atom is 0.329 e. The molecule has 5 nitrogen and oxygen atoms in total. The van der Waals surface area contributed by atoms with Crippen LogP contribution in [0, 0.1) is 19.7 Å². The van der Waals surface area contributed by atoms with Gasteiger partial charge in [-0.05, 0) is 49.8 Å². The van der Waals surface area contributed by atoms with Crippen LogP contribution < -0.4 is 5.32 Å². The zero-order chi connectivity index (χ0) is 22.3. The van der Waals surface area contributed by atoms with E-state index >= 15 is 0 Å². The Hall–Kier alpha value is -3.09. The third kappa shape index (κ3) is 3.84. The lowest BCUT2D eigenvalue weighted by Gasteiger charge is -2.12. The van der Waals surface area contributed by atoms with Crippen LogP contribution in [-0.2, 0) is 11.3 Å². The van der Waals surface area contributed by atoms with Gasteiger partial charge >= 0.3 is 6.03 Å². The summed E-state index contributed by atoms with van der Waals surface area (Å²) in [7, 11) is 0. The molecule has 1 aliphatic rings. The third-order valence-corrected chi connectivity index (χ3v) is 6.00. The number of halogens is 3.